The van der Waals surface area contributed by atoms with Crippen LogP contribution in [0, 0.1) is 0 Å². The number of nitrogens with zero attached hydrogens (tertiary/aromatic N) is 1. The van der Waals surface area contributed by atoms with Crippen molar-refractivity contribution in [1.29, 1.82) is 0 Å². The molecule has 23 heavy (non-hydrogen) atoms. The van der Waals surface area contributed by atoms with E-state index in [4.69, 9.17) is 14.2 Å². The van der Waals surface area contributed by atoms with Crippen molar-refractivity contribution in [1.82, 2.24) is 4.90 Å². The van der Waals surface area contributed by atoms with Gasteiger partial charge < -0.3 is 14.2 Å². The van der Waals surface area contributed by atoms with Crippen molar-refractivity contribution in [3.63, 3.8) is 0 Å². The van der Waals surface area contributed by atoms with E-state index in [0.29, 0.717) is 12.2 Å². The minimum Gasteiger partial charge on any atom is -0.463 e. The predicted octanol–water partition coefficient (Wildman–Crippen LogP) is 3.26. The third-order valence-electron chi connectivity index (χ3n) is 3.44. The molecule has 132 valence electrons. The number of hydrogen-bond acceptors (Lipinski definition) is 5. The van der Waals surface area contributed by atoms with E-state index in [-0.39, 0.29) is 6.10 Å². The molecule has 0 aliphatic carbocycles. The summed E-state index contributed by atoms with van der Waals surface area (Å²) in [6.45, 7) is 14.6. The zero-order valence-electron chi connectivity index (χ0n) is 15.4. The molecular weight excluding hydrogens is 298 g/mol. The first kappa shape index (κ1) is 19.5. The summed E-state index contributed by atoms with van der Waals surface area (Å²) in [5.74, 6) is -0.395. The normalized spacial score (nSPS) is 24.5. The number of esters is 1. The van der Waals surface area contributed by atoms with Crippen LogP contribution < -0.4 is 0 Å². The number of carbonyl (C=O) groups excluding carboxylic acids is 2. The van der Waals surface area contributed by atoms with E-state index in [9.17, 15) is 9.59 Å². The average molecular weight is 327 g/mol. The minimum atomic E-state index is -0.822. The summed E-state index contributed by atoms with van der Waals surface area (Å²) in [4.78, 5) is 26.0. The van der Waals surface area contributed by atoms with E-state index in [0.717, 1.165) is 0 Å². The van der Waals surface area contributed by atoms with Crippen LogP contribution in [0.5, 0.6) is 0 Å². The molecule has 0 aromatic carbocycles. The first-order valence-electron chi connectivity index (χ1n) is 7.94. The molecule has 0 aromatic rings. The summed E-state index contributed by atoms with van der Waals surface area (Å²) in [6.07, 6.45) is 0.980. The van der Waals surface area contributed by atoms with Crippen LogP contribution in [0.4, 0.5) is 4.79 Å². The van der Waals surface area contributed by atoms with Crippen LogP contribution in [0.1, 0.15) is 55.4 Å². The molecule has 0 unspecified atom stereocenters. The summed E-state index contributed by atoms with van der Waals surface area (Å²) in [6, 6.07) is -0.399. The first-order chi connectivity index (χ1) is 10.4. The topological polar surface area (TPSA) is 65.1 Å². The van der Waals surface area contributed by atoms with E-state index < -0.39 is 29.4 Å². The van der Waals surface area contributed by atoms with Crippen molar-refractivity contribution in [2.75, 3.05) is 6.61 Å². The number of ether oxygens (including phenoxy) is 3. The van der Waals surface area contributed by atoms with Crippen molar-refractivity contribution >= 4 is 12.1 Å². The van der Waals surface area contributed by atoms with Gasteiger partial charge in [0.05, 0.1) is 18.8 Å². The largest absolute Gasteiger partial charge is 0.463 e. The zero-order valence-corrected chi connectivity index (χ0v) is 15.4. The van der Waals surface area contributed by atoms with Gasteiger partial charge in [-0.25, -0.2) is 9.59 Å². The molecule has 1 amide bonds. The lowest BCUT2D eigenvalue weighted by Gasteiger charge is -2.34. The van der Waals surface area contributed by atoms with E-state index >= 15 is 0 Å². The molecule has 2 atom stereocenters. The van der Waals surface area contributed by atoms with Gasteiger partial charge in [-0.3, -0.25) is 4.90 Å². The van der Waals surface area contributed by atoms with Gasteiger partial charge >= 0.3 is 12.1 Å². The van der Waals surface area contributed by atoms with E-state index in [1.54, 1.807) is 33.8 Å². The first-order valence-corrected chi connectivity index (χ1v) is 7.94. The van der Waals surface area contributed by atoms with Gasteiger partial charge in [0.1, 0.15) is 11.3 Å². The average Bonchev–Trinajstić information content (AvgIpc) is 2.56. The fourth-order valence-corrected chi connectivity index (χ4v) is 2.58. The molecule has 1 rings (SSSR count). The van der Waals surface area contributed by atoms with Crippen LogP contribution in [0.3, 0.4) is 0 Å². The molecule has 1 aliphatic heterocycles. The fraction of sp³-hybridized carbons (Fsp3) is 0.765. The van der Waals surface area contributed by atoms with E-state index in [1.807, 2.05) is 27.7 Å². The van der Waals surface area contributed by atoms with Gasteiger partial charge in [-0.05, 0) is 61.5 Å². The molecule has 0 radical (unpaired) electrons. The van der Waals surface area contributed by atoms with Crippen molar-refractivity contribution in [2.24, 2.45) is 0 Å². The molecule has 1 fully saturated rings. The van der Waals surface area contributed by atoms with E-state index in [2.05, 4.69) is 0 Å². The lowest BCUT2D eigenvalue weighted by molar-refractivity contribution is -0.138. The fourth-order valence-electron chi connectivity index (χ4n) is 2.58. The Morgan fingerprint density at radius 1 is 1.30 bits per heavy atom. The highest BCUT2D eigenvalue weighted by Crippen LogP contribution is 2.34. The second-order valence-electron chi connectivity index (χ2n) is 7.18. The van der Waals surface area contributed by atoms with Crippen LogP contribution in [0.2, 0.25) is 0 Å². The maximum atomic E-state index is 12.6. The van der Waals surface area contributed by atoms with E-state index in [1.165, 1.54) is 4.90 Å². The SMILES string of the molecule is CCOC(=O)/C(C)=C/[C@@H]1[C@@H](C)OC(C)(C)N1C(=O)OC(C)(C)C. The highest BCUT2D eigenvalue weighted by Gasteiger charge is 2.48. The number of amides is 1. The maximum absolute atomic E-state index is 12.6. The van der Waals surface area contributed by atoms with Gasteiger partial charge in [-0.1, -0.05) is 0 Å². The molecule has 1 saturated heterocycles. The second kappa shape index (κ2) is 6.91. The third-order valence-corrected chi connectivity index (χ3v) is 3.44. The molecular formula is C17H29NO5. The van der Waals surface area contributed by atoms with Crippen molar-refractivity contribution in [3.8, 4) is 0 Å². The smallest absolute Gasteiger partial charge is 0.413 e. The van der Waals surface area contributed by atoms with Gasteiger partial charge in [0, 0.05) is 5.57 Å². The summed E-state index contributed by atoms with van der Waals surface area (Å²) in [7, 11) is 0. The number of carbonyl (C=O) groups is 2. The monoisotopic (exact) mass is 327 g/mol. The summed E-state index contributed by atoms with van der Waals surface area (Å²) in [5, 5.41) is 0. The Bertz CT molecular complexity index is 490. The van der Waals surface area contributed by atoms with Crippen molar-refractivity contribution in [2.45, 2.75) is 78.9 Å². The summed E-state index contributed by atoms with van der Waals surface area (Å²) < 4.78 is 16.4. The van der Waals surface area contributed by atoms with Crippen LogP contribution >= 0.6 is 0 Å². The molecule has 1 aliphatic rings. The van der Waals surface area contributed by atoms with Crippen LogP contribution in [-0.2, 0) is 19.0 Å². The lowest BCUT2D eigenvalue weighted by atomic mass is 10.1. The Morgan fingerprint density at radius 2 is 1.87 bits per heavy atom. The van der Waals surface area contributed by atoms with Crippen molar-refractivity contribution in [3.05, 3.63) is 11.6 Å². The van der Waals surface area contributed by atoms with Gasteiger partial charge in [-0.2, -0.15) is 0 Å². The molecule has 1 heterocycles. The lowest BCUT2D eigenvalue weighted by Crippen LogP contribution is -2.49. The van der Waals surface area contributed by atoms with Crippen LogP contribution in [-0.4, -0.2) is 47.0 Å². The van der Waals surface area contributed by atoms with Crippen molar-refractivity contribution < 1.29 is 23.8 Å². The molecule has 0 spiro atoms. The molecule has 0 saturated carbocycles. The predicted molar refractivity (Wildman–Crippen MR) is 86.9 cm³/mol. The van der Waals surface area contributed by atoms with Crippen LogP contribution in [0.25, 0.3) is 0 Å². The Balaban J connectivity index is 3.09. The highest BCUT2D eigenvalue weighted by molar-refractivity contribution is 5.88. The molecule has 0 aromatic heterocycles. The maximum Gasteiger partial charge on any atom is 0.413 e. The molecule has 6 nitrogen and oxygen atoms in total. The van der Waals surface area contributed by atoms with Gasteiger partial charge in [0.15, 0.2) is 0 Å². The minimum absolute atomic E-state index is 0.262. The van der Waals surface area contributed by atoms with Gasteiger partial charge in [0.25, 0.3) is 0 Å². The summed E-state index contributed by atoms with van der Waals surface area (Å²) >= 11 is 0. The molecule has 6 heteroatoms. The quantitative estimate of drug-likeness (QED) is 0.588. The summed E-state index contributed by atoms with van der Waals surface area (Å²) in [5.41, 5.74) is -0.986. The van der Waals surface area contributed by atoms with Gasteiger partial charge in [0.2, 0.25) is 0 Å². The third kappa shape index (κ3) is 4.96. The molecule has 0 N–H and O–H groups in total. The second-order valence-corrected chi connectivity index (χ2v) is 7.18. The van der Waals surface area contributed by atoms with Crippen LogP contribution in [0.15, 0.2) is 11.6 Å². The Hall–Kier alpha value is -1.56. The molecule has 0 bridgehead atoms. The Morgan fingerprint density at radius 3 is 2.35 bits per heavy atom. The number of rotatable bonds is 3. The zero-order chi connectivity index (χ0) is 18.0. The Labute approximate surface area is 138 Å². The standard InChI is InChI=1S/C17H29NO5/c1-9-21-14(19)11(2)10-13-12(3)22-17(7,8)18(13)15(20)23-16(4,5)6/h10,12-13H,9H2,1-8H3/b11-10+/t12-,13-/m1/s1. The highest BCUT2D eigenvalue weighted by atomic mass is 16.6. The van der Waals surface area contributed by atoms with Gasteiger partial charge in [-0.15, -0.1) is 0 Å². The number of hydrogen-bond donors (Lipinski definition) is 0. The Kier molecular flexibility index (Phi) is 5.85.